The van der Waals surface area contributed by atoms with Gasteiger partial charge in [0.25, 0.3) is 5.97 Å². The van der Waals surface area contributed by atoms with E-state index in [-0.39, 0.29) is 13.4 Å². The highest BCUT2D eigenvalue weighted by molar-refractivity contribution is 8.74. The summed E-state index contributed by atoms with van der Waals surface area (Å²) in [7, 11) is 30.9. The normalized spacial score (nSPS) is 5.85. The van der Waals surface area contributed by atoms with Crippen LogP contribution in [0.3, 0.4) is 0 Å². The van der Waals surface area contributed by atoms with Crippen LogP contribution in [0.15, 0.2) is 12.7 Å². The number of alkyl halides is 1. The van der Waals surface area contributed by atoms with Gasteiger partial charge in [-0.05, 0) is 6.92 Å². The van der Waals surface area contributed by atoms with Crippen LogP contribution in [0.25, 0.3) is 0 Å². The van der Waals surface area contributed by atoms with E-state index in [4.69, 9.17) is 15.0 Å². The number of hydrogen-bond acceptors (Lipinski definition) is 10. The maximum atomic E-state index is 9.59. The molecule has 0 aromatic rings. The average molecular weight is 1030 g/mol. The molecule has 2 N–H and O–H groups in total. The molecule has 0 aliphatic carbocycles. The fraction of sp³-hybridized carbons (Fsp3) is 0.636. The Hall–Kier alpha value is 3.85. The first-order valence-corrected chi connectivity index (χ1v) is 35.6. The van der Waals surface area contributed by atoms with Crippen molar-refractivity contribution >= 4 is 239 Å². The molecule has 41 heavy (non-hydrogen) atoms. The van der Waals surface area contributed by atoms with Gasteiger partial charge in [0.05, 0.1) is 14.3 Å². The van der Waals surface area contributed by atoms with E-state index in [1.165, 1.54) is 49.6 Å². The van der Waals surface area contributed by atoms with Gasteiger partial charge in [-0.25, -0.2) is 0 Å². The number of halogens is 1. The molecule has 0 aromatic carbocycles. The van der Waals surface area contributed by atoms with Crippen LogP contribution >= 0.6 is 0 Å². The molecule has 0 unspecified atom stereocenters. The fourth-order valence-corrected chi connectivity index (χ4v) is 35.8. The van der Waals surface area contributed by atoms with Crippen molar-refractivity contribution in [1.82, 2.24) is 0 Å². The second kappa shape index (κ2) is 90.4. The molecule has 252 valence electrons. The molecule has 0 aliphatic rings. The van der Waals surface area contributed by atoms with Crippen LogP contribution in [0, 0.1) is 0 Å². The Balaban J connectivity index is -0.0000000445. The van der Waals surface area contributed by atoms with E-state index in [1.54, 1.807) is 122 Å². The van der Waals surface area contributed by atoms with Crippen molar-refractivity contribution in [2.45, 2.75) is 28.2 Å². The average Bonchev–Trinajstić information content (AvgIpc) is 2.94. The third-order valence-electron chi connectivity index (χ3n) is 0.704. The number of aliphatic carboxylic acids is 1. The van der Waals surface area contributed by atoms with E-state index in [1.807, 2.05) is 6.92 Å². The minimum atomic E-state index is -0.833. The molecule has 5 nitrogen and oxygen atoms in total. The number of rotatable bonds is 0. The number of esters is 1. The molecule has 0 spiro atoms. The second-order valence-electron chi connectivity index (χ2n) is 2.85. The summed E-state index contributed by atoms with van der Waals surface area (Å²) < 4.78 is 13.6. The Morgan fingerprint density at radius 3 is 0.829 bits per heavy atom. The molecule has 0 heterocycles. The number of allylic oxidation sites excluding steroid dienone is 1. The van der Waals surface area contributed by atoms with Crippen LogP contribution in [0.1, 0.15) is 28.2 Å². The quantitative estimate of drug-likeness (QED) is 0.278. The van der Waals surface area contributed by atoms with Crippen LogP contribution in [-0.2, 0) is 241 Å². The summed E-state index contributed by atoms with van der Waals surface area (Å²) in [6.45, 7) is 7.69. The van der Waals surface area contributed by atoms with E-state index >= 15 is 0 Å². The molecule has 0 atom stereocenters. The molecule has 0 aliphatic heterocycles. The summed E-state index contributed by atoms with van der Waals surface area (Å²) in [5.41, 5.74) is 0. The lowest BCUT2D eigenvalue weighted by Crippen LogP contribution is -1.88. The highest BCUT2D eigenvalue weighted by Crippen LogP contribution is 1.60. The summed E-state index contributed by atoms with van der Waals surface area (Å²) in [5, 5.41) is 14.4. The molecule has 0 rings (SSSR count). The summed E-state index contributed by atoms with van der Waals surface area (Å²) in [6, 6.07) is 0. The monoisotopic (exact) mass is 1030 g/mol. The second-order valence-corrected chi connectivity index (χ2v) is 34.7. The molecule has 0 fully saturated rings. The Morgan fingerprint density at radius 1 is 0.659 bits per heavy atom. The molecular formula is C11H27FO5S24. The number of ether oxygens (including phenoxy) is 1. The zero-order valence-electron chi connectivity index (χ0n) is 20.6. The Kier molecular flexibility index (Phi) is 148. The van der Waals surface area contributed by atoms with Crippen molar-refractivity contribution in [1.29, 1.82) is 0 Å². The molecule has 0 radical (unpaired) electrons. The summed E-state index contributed by atoms with van der Waals surface area (Å²) >= 11 is 26.9. The van der Waals surface area contributed by atoms with Crippen LogP contribution in [0.4, 0.5) is 4.39 Å². The molecule has 30 heteroatoms. The van der Waals surface area contributed by atoms with Crippen LogP contribution in [-0.4, -0.2) is 43.5 Å². The topological polar surface area (TPSA) is 83.8 Å². The molecule has 0 saturated carbocycles. The Labute approximate surface area is 324 Å². The minimum Gasteiger partial charge on any atom is -0.481 e. The minimum absolute atomic E-state index is 0. The van der Waals surface area contributed by atoms with Gasteiger partial charge in [-0.15, -0.1) is 6.58 Å². The zero-order valence-corrected chi connectivity index (χ0v) is 40.2. The largest absolute Gasteiger partial charge is 0.481 e. The van der Waals surface area contributed by atoms with E-state index in [0.717, 1.165) is 22.9 Å². The summed E-state index contributed by atoms with van der Waals surface area (Å²) in [6.07, 6.45) is 1.75. The van der Waals surface area contributed by atoms with Crippen molar-refractivity contribution in [2.75, 3.05) is 21.4 Å². The maximum Gasteiger partial charge on any atom is 0.302 e. The lowest BCUT2D eigenvalue weighted by Gasteiger charge is -1.80. The van der Waals surface area contributed by atoms with Gasteiger partial charge in [-0.2, -0.15) is 0 Å². The molecule has 0 saturated heterocycles. The first kappa shape index (κ1) is 67.1. The number of carboxylic acids is 1. The van der Waals surface area contributed by atoms with Gasteiger partial charge in [0.15, 0.2) is 0 Å². The Morgan fingerprint density at radius 2 is 0.756 bits per heavy atom. The summed E-state index contributed by atoms with van der Waals surface area (Å²) in [4.78, 5) is 18.6. The lowest BCUT2D eigenvalue weighted by atomic mass is 10.8. The number of carbonyl (C=O) groups excluding carboxylic acids is 1. The number of carbonyl (C=O) groups is 2. The smallest absolute Gasteiger partial charge is 0.302 e. The molecular weight excluding hydrogens is 1000 g/mol. The lowest BCUT2D eigenvalue weighted by molar-refractivity contribution is -0.138. The van der Waals surface area contributed by atoms with Gasteiger partial charge < -0.3 is 14.9 Å². The van der Waals surface area contributed by atoms with Gasteiger partial charge in [-0.3, -0.25) is 14.0 Å². The van der Waals surface area contributed by atoms with Crippen LogP contribution < -0.4 is 0 Å². The third-order valence-corrected chi connectivity index (χ3v) is 34.0. The predicted octanol–water partition coefficient (Wildman–Crippen LogP) is 2.24. The fourth-order valence-electron chi connectivity index (χ4n) is 0.147. The first-order chi connectivity index (χ1) is 19.2. The first-order valence-electron chi connectivity index (χ1n) is 7.56. The van der Waals surface area contributed by atoms with Crippen LogP contribution in [0.5, 0.6) is 0 Å². The highest BCUT2D eigenvalue weighted by Gasteiger charge is 1.75. The van der Waals surface area contributed by atoms with E-state index in [9.17, 15) is 9.18 Å². The number of carboxylic acid groups (broad SMARTS) is 1. The van der Waals surface area contributed by atoms with Crippen molar-refractivity contribution in [3.05, 3.63) is 12.7 Å². The number of aliphatic hydroxyl groups excluding tert-OH is 1. The Bertz CT molecular complexity index is 1290. The molecule has 0 amide bonds. The molecule has 0 bridgehead atoms. The van der Waals surface area contributed by atoms with Crippen molar-refractivity contribution in [3.8, 4) is 0 Å². The number of aliphatic hydroxyl groups is 1. The summed E-state index contributed by atoms with van der Waals surface area (Å²) in [5.74, 6) is -1.08. The maximum absolute atomic E-state index is 9.59. The van der Waals surface area contributed by atoms with Gasteiger partial charge >= 0.3 is 5.97 Å². The van der Waals surface area contributed by atoms with Gasteiger partial charge in [0, 0.05) is 248 Å². The highest BCUT2D eigenvalue weighted by atomic mass is 33.4. The zero-order chi connectivity index (χ0) is 33.3. The SMILES string of the molecule is C.C=CC.CC(=O)O.CF.CO.COC(C)=O.S=S=S.S=S=S=S=S=S=S=S=S=S.S=S=S=S=S=S=S=S=S=S=S. The predicted molar refractivity (Wildman–Crippen MR) is 246 cm³/mol. The van der Waals surface area contributed by atoms with Crippen LogP contribution in [0.2, 0.25) is 0 Å². The van der Waals surface area contributed by atoms with E-state index in [0.29, 0.717) is 7.18 Å². The molecule has 0 aromatic heterocycles. The van der Waals surface area contributed by atoms with E-state index in [2.05, 4.69) is 78.4 Å². The number of methoxy groups -OCH3 is 1. The van der Waals surface area contributed by atoms with E-state index < -0.39 is 5.97 Å². The van der Waals surface area contributed by atoms with Gasteiger partial charge in [0.2, 0.25) is 0 Å². The van der Waals surface area contributed by atoms with Crippen molar-refractivity contribution in [3.63, 3.8) is 0 Å². The third kappa shape index (κ3) is 177. The standard InChI is InChI=1S/C3H6O2.C3H6.C2H4O2.CH3F.CH4O.CH4.S11.S10.S3/c1-3(4)5-2;1-3-2;1-2(3)4;2*1-2;;1-3-5-7-9-11-10-8-6-4-2;1-3-5-7-9-10-8-6-4-2;1-3-2/h1-2H3;3H,1H2,2H3;1H3,(H,3,4);1H3;2H,1H3;1H4;;;. The number of hydrogen-bond donors (Lipinski definition) is 2. The van der Waals surface area contributed by atoms with Crippen molar-refractivity contribution in [2.24, 2.45) is 0 Å². The van der Waals surface area contributed by atoms with Crippen molar-refractivity contribution < 1.29 is 28.9 Å². The van der Waals surface area contributed by atoms with Gasteiger partial charge in [0.1, 0.15) is 0 Å². The van der Waals surface area contributed by atoms with Gasteiger partial charge in [-0.1, -0.05) is 13.5 Å².